The summed E-state index contributed by atoms with van der Waals surface area (Å²) in [6, 6.07) is 9.98. The van der Waals surface area contributed by atoms with Crippen molar-refractivity contribution in [3.05, 3.63) is 65.8 Å². The number of aromatic nitrogens is 3. The van der Waals surface area contributed by atoms with Gasteiger partial charge >= 0.3 is 0 Å². The zero-order valence-electron chi connectivity index (χ0n) is 15.1. The van der Waals surface area contributed by atoms with E-state index in [1.165, 1.54) is 0 Å². The van der Waals surface area contributed by atoms with Gasteiger partial charge in [0.15, 0.2) is 5.89 Å². The molecule has 1 aliphatic heterocycles. The molecular formula is C20H22N4O2. The van der Waals surface area contributed by atoms with E-state index in [0.717, 1.165) is 54.1 Å². The van der Waals surface area contributed by atoms with E-state index in [1.807, 2.05) is 43.6 Å². The molecule has 3 heterocycles. The van der Waals surface area contributed by atoms with Crippen molar-refractivity contribution in [1.82, 2.24) is 15.0 Å². The lowest BCUT2D eigenvalue weighted by Gasteiger charge is -2.16. The van der Waals surface area contributed by atoms with E-state index in [9.17, 15) is 0 Å². The van der Waals surface area contributed by atoms with Crippen LogP contribution in [0.5, 0.6) is 5.75 Å². The van der Waals surface area contributed by atoms with E-state index < -0.39 is 0 Å². The highest BCUT2D eigenvalue weighted by atomic mass is 16.5. The molecule has 1 fully saturated rings. The van der Waals surface area contributed by atoms with Gasteiger partial charge in [0, 0.05) is 25.7 Å². The van der Waals surface area contributed by atoms with E-state index in [-0.39, 0.29) is 0 Å². The molecule has 3 aromatic rings. The Morgan fingerprint density at radius 3 is 3.04 bits per heavy atom. The van der Waals surface area contributed by atoms with Crippen molar-refractivity contribution in [2.75, 3.05) is 25.1 Å². The minimum Gasteiger partial charge on any atom is -0.497 e. The van der Waals surface area contributed by atoms with Gasteiger partial charge in [0.25, 0.3) is 0 Å². The summed E-state index contributed by atoms with van der Waals surface area (Å²) in [5, 5.41) is 0. The largest absolute Gasteiger partial charge is 0.497 e. The standard InChI is InChI=1S/C20H22N4O2/c1-14-21-8-6-19(23-14)24-9-7-16(13-24)20-22-12-18(26-20)11-15-4-3-5-17(10-15)25-2/h3-6,8,10,12,16H,7,9,11,13H2,1-2H3/t16-/m0/s1. The van der Waals surface area contributed by atoms with Crippen LogP contribution in [0.25, 0.3) is 0 Å². The Hall–Kier alpha value is -2.89. The summed E-state index contributed by atoms with van der Waals surface area (Å²) in [7, 11) is 1.68. The minimum absolute atomic E-state index is 0.296. The monoisotopic (exact) mass is 350 g/mol. The van der Waals surface area contributed by atoms with Crippen molar-refractivity contribution in [3.8, 4) is 5.75 Å². The first-order chi connectivity index (χ1) is 12.7. The molecule has 0 saturated carbocycles. The van der Waals surface area contributed by atoms with Gasteiger partial charge in [-0.3, -0.25) is 0 Å². The Balaban J connectivity index is 1.43. The highest BCUT2D eigenvalue weighted by Crippen LogP contribution is 2.30. The van der Waals surface area contributed by atoms with Crippen LogP contribution in [-0.4, -0.2) is 35.2 Å². The summed E-state index contributed by atoms with van der Waals surface area (Å²) in [5.74, 6) is 4.62. The highest BCUT2D eigenvalue weighted by molar-refractivity contribution is 5.39. The smallest absolute Gasteiger partial charge is 0.199 e. The van der Waals surface area contributed by atoms with Gasteiger partial charge in [0.1, 0.15) is 23.2 Å². The van der Waals surface area contributed by atoms with Crippen LogP contribution in [0, 0.1) is 6.92 Å². The summed E-state index contributed by atoms with van der Waals surface area (Å²) in [6.07, 6.45) is 5.38. The zero-order chi connectivity index (χ0) is 17.9. The Morgan fingerprint density at radius 1 is 1.27 bits per heavy atom. The van der Waals surface area contributed by atoms with Crippen LogP contribution in [-0.2, 0) is 6.42 Å². The maximum Gasteiger partial charge on any atom is 0.199 e. The third-order valence-electron chi connectivity index (χ3n) is 4.71. The Labute approximate surface area is 152 Å². The topological polar surface area (TPSA) is 64.3 Å². The van der Waals surface area contributed by atoms with Gasteiger partial charge in [-0.05, 0) is 37.1 Å². The first kappa shape index (κ1) is 16.6. The van der Waals surface area contributed by atoms with Crippen LogP contribution >= 0.6 is 0 Å². The van der Waals surface area contributed by atoms with Crippen molar-refractivity contribution in [1.29, 1.82) is 0 Å². The Bertz CT molecular complexity index is 893. The Kier molecular flexibility index (Phi) is 4.56. The van der Waals surface area contributed by atoms with Crippen molar-refractivity contribution < 1.29 is 9.15 Å². The first-order valence-corrected chi connectivity index (χ1v) is 8.83. The van der Waals surface area contributed by atoms with Crippen LogP contribution in [0.4, 0.5) is 5.82 Å². The second kappa shape index (κ2) is 7.15. The number of benzene rings is 1. The third-order valence-corrected chi connectivity index (χ3v) is 4.71. The molecule has 4 rings (SSSR count). The normalized spacial score (nSPS) is 16.8. The fourth-order valence-electron chi connectivity index (χ4n) is 3.37. The Morgan fingerprint density at radius 2 is 2.19 bits per heavy atom. The number of nitrogens with zero attached hydrogens (tertiary/aromatic N) is 4. The SMILES string of the molecule is COc1cccc(Cc2cnc([C@H]3CCN(c4ccnc(C)n4)C3)o2)c1. The van der Waals surface area contributed by atoms with Crippen LogP contribution in [0.2, 0.25) is 0 Å². The molecule has 0 aliphatic carbocycles. The minimum atomic E-state index is 0.296. The molecule has 0 N–H and O–H groups in total. The molecule has 6 heteroatoms. The maximum atomic E-state index is 6.04. The predicted molar refractivity (Wildman–Crippen MR) is 98.6 cm³/mol. The third kappa shape index (κ3) is 3.54. The number of ether oxygens (including phenoxy) is 1. The molecule has 1 aliphatic rings. The molecule has 134 valence electrons. The predicted octanol–water partition coefficient (Wildman–Crippen LogP) is 3.37. The molecule has 1 saturated heterocycles. The number of rotatable bonds is 5. The van der Waals surface area contributed by atoms with Gasteiger partial charge in [0.05, 0.1) is 19.2 Å². The first-order valence-electron chi connectivity index (χ1n) is 8.83. The molecule has 0 bridgehead atoms. The molecule has 0 radical (unpaired) electrons. The molecule has 1 aromatic carbocycles. The van der Waals surface area contributed by atoms with Gasteiger partial charge in [-0.1, -0.05) is 12.1 Å². The van der Waals surface area contributed by atoms with Crippen LogP contribution < -0.4 is 9.64 Å². The van der Waals surface area contributed by atoms with Gasteiger partial charge in [-0.2, -0.15) is 0 Å². The average Bonchev–Trinajstić information content (AvgIpc) is 3.31. The van der Waals surface area contributed by atoms with E-state index in [1.54, 1.807) is 7.11 Å². The van der Waals surface area contributed by atoms with E-state index >= 15 is 0 Å². The number of aryl methyl sites for hydroxylation is 1. The van der Waals surface area contributed by atoms with E-state index in [2.05, 4.69) is 25.9 Å². The lowest BCUT2D eigenvalue weighted by atomic mass is 10.1. The number of hydrogen-bond acceptors (Lipinski definition) is 6. The molecule has 0 amide bonds. The molecular weight excluding hydrogens is 328 g/mol. The second-order valence-corrected chi connectivity index (χ2v) is 6.59. The second-order valence-electron chi connectivity index (χ2n) is 6.59. The summed E-state index contributed by atoms with van der Waals surface area (Å²) in [6.45, 7) is 3.74. The number of oxazole rings is 1. The lowest BCUT2D eigenvalue weighted by Crippen LogP contribution is -2.20. The molecule has 6 nitrogen and oxygen atoms in total. The van der Waals surface area contributed by atoms with Gasteiger partial charge in [0.2, 0.25) is 0 Å². The van der Waals surface area contributed by atoms with Gasteiger partial charge in [-0.25, -0.2) is 15.0 Å². The van der Waals surface area contributed by atoms with Gasteiger partial charge in [-0.15, -0.1) is 0 Å². The molecule has 0 unspecified atom stereocenters. The zero-order valence-corrected chi connectivity index (χ0v) is 15.1. The van der Waals surface area contributed by atoms with Crippen molar-refractivity contribution in [2.24, 2.45) is 0 Å². The fourth-order valence-corrected chi connectivity index (χ4v) is 3.37. The lowest BCUT2D eigenvalue weighted by molar-refractivity contribution is 0.413. The summed E-state index contributed by atoms with van der Waals surface area (Å²) in [4.78, 5) is 15.5. The maximum absolute atomic E-state index is 6.04. The van der Waals surface area contributed by atoms with Crippen LogP contribution in [0.15, 0.2) is 47.1 Å². The van der Waals surface area contributed by atoms with Crippen molar-refractivity contribution >= 4 is 5.82 Å². The van der Waals surface area contributed by atoms with Gasteiger partial charge < -0.3 is 14.1 Å². The van der Waals surface area contributed by atoms with E-state index in [4.69, 9.17) is 9.15 Å². The number of methoxy groups -OCH3 is 1. The average molecular weight is 350 g/mol. The van der Waals surface area contributed by atoms with Crippen LogP contribution in [0.1, 0.15) is 35.4 Å². The van der Waals surface area contributed by atoms with Crippen molar-refractivity contribution in [3.63, 3.8) is 0 Å². The molecule has 26 heavy (non-hydrogen) atoms. The molecule has 1 atom stereocenters. The summed E-state index contributed by atoms with van der Waals surface area (Å²) in [5.41, 5.74) is 1.15. The van der Waals surface area contributed by atoms with Crippen LogP contribution in [0.3, 0.4) is 0 Å². The highest BCUT2D eigenvalue weighted by Gasteiger charge is 2.28. The quantitative estimate of drug-likeness (QED) is 0.703. The molecule has 0 spiro atoms. The molecule has 2 aromatic heterocycles. The summed E-state index contributed by atoms with van der Waals surface area (Å²) >= 11 is 0. The summed E-state index contributed by atoms with van der Waals surface area (Å²) < 4.78 is 11.3. The number of hydrogen-bond donors (Lipinski definition) is 0. The van der Waals surface area contributed by atoms with E-state index in [0.29, 0.717) is 12.3 Å². The van der Waals surface area contributed by atoms with Crippen molar-refractivity contribution in [2.45, 2.75) is 25.7 Å². The fraction of sp³-hybridized carbons (Fsp3) is 0.350. The number of anilines is 1.